The Bertz CT molecular complexity index is 565. The van der Waals surface area contributed by atoms with E-state index < -0.39 is 11.7 Å². The van der Waals surface area contributed by atoms with Gasteiger partial charge in [-0.05, 0) is 20.8 Å². The van der Waals surface area contributed by atoms with Crippen molar-refractivity contribution >= 4 is 17.9 Å². The van der Waals surface area contributed by atoms with E-state index in [1.165, 1.54) is 7.11 Å². The van der Waals surface area contributed by atoms with Gasteiger partial charge in [0.05, 0.1) is 19.3 Å². The molecule has 20 heavy (non-hydrogen) atoms. The molecule has 108 valence electrons. The molecule has 8 nitrogen and oxygen atoms in total. The molecule has 8 heteroatoms. The summed E-state index contributed by atoms with van der Waals surface area (Å²) >= 11 is 0. The number of carbonyl (C=O) groups is 2. The van der Waals surface area contributed by atoms with Crippen LogP contribution in [0.5, 0.6) is 5.88 Å². The van der Waals surface area contributed by atoms with Crippen molar-refractivity contribution in [3.63, 3.8) is 0 Å². The number of aromatic nitrogens is 2. The van der Waals surface area contributed by atoms with Gasteiger partial charge in [0.15, 0.2) is 0 Å². The molecule has 2 heterocycles. The summed E-state index contributed by atoms with van der Waals surface area (Å²) in [5.41, 5.74) is 0.151. The van der Waals surface area contributed by atoms with Crippen molar-refractivity contribution in [1.29, 1.82) is 0 Å². The normalized spacial score (nSPS) is 13.5. The molecule has 2 N–H and O–H groups in total. The van der Waals surface area contributed by atoms with Gasteiger partial charge >= 0.3 is 6.09 Å². The van der Waals surface area contributed by atoms with Crippen LogP contribution in [-0.4, -0.2) is 34.7 Å². The largest absolute Gasteiger partial charge is 0.480 e. The Morgan fingerprint density at radius 3 is 2.65 bits per heavy atom. The van der Waals surface area contributed by atoms with E-state index in [0.717, 1.165) is 0 Å². The average Bonchev–Trinajstić information content (AvgIpc) is 2.67. The number of anilines is 1. The van der Waals surface area contributed by atoms with Crippen molar-refractivity contribution in [2.24, 2.45) is 0 Å². The van der Waals surface area contributed by atoms with Gasteiger partial charge in [-0.15, -0.1) is 0 Å². The third-order valence-corrected chi connectivity index (χ3v) is 2.40. The topological polar surface area (TPSA) is 102 Å². The minimum atomic E-state index is -0.670. The Kier molecular flexibility index (Phi) is 3.47. The molecule has 0 atom stereocenters. The molecule has 0 spiro atoms. The summed E-state index contributed by atoms with van der Waals surface area (Å²) in [7, 11) is 1.39. The molecule has 1 aromatic rings. The van der Waals surface area contributed by atoms with E-state index in [9.17, 15) is 9.59 Å². The molecule has 2 amide bonds. The number of nitrogens with one attached hydrogen (secondary N) is 2. The van der Waals surface area contributed by atoms with Gasteiger partial charge in [0.25, 0.3) is 5.91 Å². The van der Waals surface area contributed by atoms with Crippen LogP contribution in [0.15, 0.2) is 0 Å². The molecule has 0 saturated heterocycles. The van der Waals surface area contributed by atoms with E-state index in [2.05, 4.69) is 20.6 Å². The van der Waals surface area contributed by atoms with Crippen molar-refractivity contribution in [2.45, 2.75) is 32.9 Å². The highest BCUT2D eigenvalue weighted by Gasteiger charge is 2.28. The van der Waals surface area contributed by atoms with Crippen LogP contribution < -0.4 is 15.4 Å². The van der Waals surface area contributed by atoms with Gasteiger partial charge in [0, 0.05) is 0 Å². The van der Waals surface area contributed by atoms with Crippen LogP contribution in [0.2, 0.25) is 0 Å². The zero-order valence-corrected chi connectivity index (χ0v) is 11.7. The molecule has 0 aliphatic carbocycles. The number of ether oxygens (including phenoxy) is 2. The van der Waals surface area contributed by atoms with Crippen molar-refractivity contribution in [3.8, 4) is 5.88 Å². The number of amides is 2. The maximum absolute atomic E-state index is 11.7. The lowest BCUT2D eigenvalue weighted by atomic mass is 10.2. The molecule has 0 unspecified atom stereocenters. The zero-order chi connectivity index (χ0) is 14.9. The Morgan fingerprint density at radius 2 is 2.05 bits per heavy atom. The molecule has 0 radical (unpaired) electrons. The monoisotopic (exact) mass is 280 g/mol. The van der Waals surface area contributed by atoms with Crippen molar-refractivity contribution < 1.29 is 19.1 Å². The number of carbonyl (C=O) groups excluding carboxylic acids is 2. The maximum atomic E-state index is 11.7. The van der Waals surface area contributed by atoms with Crippen LogP contribution in [0.1, 0.15) is 36.8 Å². The molecular weight excluding hydrogens is 264 g/mol. The summed E-state index contributed by atoms with van der Waals surface area (Å²) in [6.07, 6.45) is -0.670. The third-order valence-electron chi connectivity index (χ3n) is 2.40. The highest BCUT2D eigenvalue weighted by atomic mass is 16.6. The van der Waals surface area contributed by atoms with Gasteiger partial charge in [-0.2, -0.15) is 4.98 Å². The summed E-state index contributed by atoms with van der Waals surface area (Å²) in [6.45, 7) is 5.52. The van der Waals surface area contributed by atoms with Crippen LogP contribution in [0.3, 0.4) is 0 Å². The summed E-state index contributed by atoms with van der Waals surface area (Å²) in [5, 5.41) is 5.03. The van der Waals surface area contributed by atoms with E-state index >= 15 is 0 Å². The van der Waals surface area contributed by atoms with Crippen LogP contribution >= 0.6 is 0 Å². The molecule has 1 aliphatic heterocycles. The van der Waals surface area contributed by atoms with Crippen molar-refractivity contribution in [1.82, 2.24) is 15.3 Å². The van der Waals surface area contributed by atoms with E-state index in [0.29, 0.717) is 11.3 Å². The molecule has 0 bridgehead atoms. The molecular formula is C12H16N4O4. The molecule has 0 fully saturated rings. The summed E-state index contributed by atoms with van der Waals surface area (Å²) in [5.74, 6) is -0.136. The van der Waals surface area contributed by atoms with E-state index in [1.807, 2.05) is 0 Å². The Hall–Kier alpha value is -2.38. The smallest absolute Gasteiger partial charge is 0.414 e. The molecule has 2 rings (SSSR count). The van der Waals surface area contributed by atoms with Crippen LogP contribution in [0.4, 0.5) is 10.7 Å². The Labute approximate surface area is 115 Å². The SMILES string of the molecule is COc1nc(NC(=O)OC(C)(C)C)nc2c1C(=O)NC2. The van der Waals surface area contributed by atoms with Crippen LogP contribution in [0, 0.1) is 0 Å². The number of methoxy groups -OCH3 is 1. The summed E-state index contributed by atoms with van der Waals surface area (Å²) in [6, 6.07) is 0. The van der Waals surface area contributed by atoms with Crippen molar-refractivity contribution in [2.75, 3.05) is 12.4 Å². The third kappa shape index (κ3) is 2.95. The number of hydrogen-bond donors (Lipinski definition) is 2. The molecule has 1 aromatic heterocycles. The molecule has 1 aliphatic rings. The van der Waals surface area contributed by atoms with E-state index in [1.54, 1.807) is 20.8 Å². The van der Waals surface area contributed by atoms with Gasteiger partial charge in [0.2, 0.25) is 11.8 Å². The van der Waals surface area contributed by atoms with Gasteiger partial charge < -0.3 is 14.8 Å². The fourth-order valence-corrected chi connectivity index (χ4v) is 1.69. The Balaban J connectivity index is 2.22. The fraction of sp³-hybridized carbons (Fsp3) is 0.500. The van der Waals surface area contributed by atoms with Crippen molar-refractivity contribution in [3.05, 3.63) is 11.3 Å². The lowest BCUT2D eigenvalue weighted by Crippen LogP contribution is -2.28. The number of fused-ring (bicyclic) bond motifs is 1. The second kappa shape index (κ2) is 4.95. The summed E-state index contributed by atoms with van der Waals surface area (Å²) in [4.78, 5) is 31.3. The van der Waals surface area contributed by atoms with E-state index in [4.69, 9.17) is 9.47 Å². The molecule has 0 saturated carbocycles. The molecule has 0 aromatic carbocycles. The predicted octanol–water partition coefficient (Wildman–Crippen LogP) is 1.08. The van der Waals surface area contributed by atoms with Gasteiger partial charge in [-0.3, -0.25) is 10.1 Å². The van der Waals surface area contributed by atoms with Gasteiger partial charge in [0.1, 0.15) is 11.2 Å². The maximum Gasteiger partial charge on any atom is 0.414 e. The van der Waals surface area contributed by atoms with E-state index in [-0.39, 0.29) is 24.3 Å². The average molecular weight is 280 g/mol. The second-order valence-electron chi connectivity index (χ2n) is 5.19. The number of hydrogen-bond acceptors (Lipinski definition) is 6. The first-order chi connectivity index (χ1) is 9.30. The predicted molar refractivity (Wildman–Crippen MR) is 69.6 cm³/mol. The minimum Gasteiger partial charge on any atom is -0.480 e. The lowest BCUT2D eigenvalue weighted by Gasteiger charge is -2.19. The Morgan fingerprint density at radius 1 is 1.35 bits per heavy atom. The van der Waals surface area contributed by atoms with Gasteiger partial charge in [-0.25, -0.2) is 9.78 Å². The fourth-order valence-electron chi connectivity index (χ4n) is 1.69. The first-order valence-corrected chi connectivity index (χ1v) is 6.03. The standard InChI is InChI=1S/C12H16N4O4/c1-12(2,3)20-11(18)16-10-14-6-5-13-8(17)7(6)9(15-10)19-4/h5H2,1-4H3,(H,13,17)(H,14,15,16,18). The first kappa shape index (κ1) is 14.0. The van der Waals surface area contributed by atoms with Gasteiger partial charge in [-0.1, -0.05) is 0 Å². The van der Waals surface area contributed by atoms with Crippen LogP contribution in [0.25, 0.3) is 0 Å². The highest BCUT2D eigenvalue weighted by molar-refractivity contribution is 6.00. The minimum absolute atomic E-state index is 0.0337. The van der Waals surface area contributed by atoms with Crippen LogP contribution in [-0.2, 0) is 11.3 Å². The number of nitrogens with zero attached hydrogens (tertiary/aromatic N) is 2. The summed E-state index contributed by atoms with van der Waals surface area (Å²) < 4.78 is 10.1. The highest BCUT2D eigenvalue weighted by Crippen LogP contribution is 2.24. The zero-order valence-electron chi connectivity index (χ0n) is 11.7. The first-order valence-electron chi connectivity index (χ1n) is 6.03. The quantitative estimate of drug-likeness (QED) is 0.840. The number of rotatable bonds is 2. The second-order valence-corrected chi connectivity index (χ2v) is 5.19. The lowest BCUT2D eigenvalue weighted by molar-refractivity contribution is 0.0634.